The van der Waals surface area contributed by atoms with Crippen molar-refractivity contribution in [1.82, 2.24) is 0 Å². The van der Waals surface area contributed by atoms with Crippen molar-refractivity contribution in [2.45, 2.75) is 58.8 Å². The topological polar surface area (TPSA) is 0 Å². The average molecular weight is 178 g/mol. The van der Waals surface area contributed by atoms with Gasteiger partial charge >= 0.3 is 0 Å². The highest BCUT2D eigenvalue weighted by atomic mass is 14.6. The molecule has 0 aromatic heterocycles. The van der Waals surface area contributed by atoms with Gasteiger partial charge in [-0.05, 0) is 48.3 Å². The normalized spacial score (nSPS) is 59.5. The Kier molecular flexibility index (Phi) is 1.49. The second-order valence-corrected chi connectivity index (χ2v) is 6.60. The van der Waals surface area contributed by atoms with Gasteiger partial charge in [0, 0.05) is 0 Å². The molecule has 0 aromatic rings. The highest BCUT2D eigenvalue weighted by Crippen LogP contribution is 2.68. The van der Waals surface area contributed by atoms with Crippen LogP contribution in [0.1, 0.15) is 58.8 Å². The molecule has 4 rings (SSSR count). The molecule has 13 heavy (non-hydrogen) atoms. The van der Waals surface area contributed by atoms with Gasteiger partial charge < -0.3 is 0 Å². The lowest BCUT2D eigenvalue weighted by Gasteiger charge is -2.34. The van der Waals surface area contributed by atoms with Crippen LogP contribution in [0.5, 0.6) is 0 Å². The average Bonchev–Trinajstić information content (AvgIpc) is 2.32. The van der Waals surface area contributed by atoms with Crippen molar-refractivity contribution in [3.8, 4) is 0 Å². The van der Waals surface area contributed by atoms with Gasteiger partial charge in [-0.15, -0.1) is 0 Å². The standard InChI is InChI=1S/C13H22/c1-12-6-10-4-3-5-11(7-12)9-13(12,2)8-10/h10-11H,3-9H2,1-2H3. The fraction of sp³-hybridized carbons (Fsp3) is 1.00. The Labute approximate surface area is 82.1 Å². The second kappa shape index (κ2) is 2.32. The van der Waals surface area contributed by atoms with Crippen molar-refractivity contribution in [3.63, 3.8) is 0 Å². The van der Waals surface area contributed by atoms with Crippen LogP contribution in [0, 0.1) is 22.7 Å². The maximum absolute atomic E-state index is 2.58. The molecule has 4 aliphatic carbocycles. The number of hydrogen-bond acceptors (Lipinski definition) is 0. The number of hydrogen-bond donors (Lipinski definition) is 0. The molecule has 0 spiro atoms. The predicted molar refractivity (Wildman–Crippen MR) is 55.5 cm³/mol. The van der Waals surface area contributed by atoms with Crippen molar-refractivity contribution in [3.05, 3.63) is 0 Å². The molecule has 0 heteroatoms. The Morgan fingerprint density at radius 1 is 0.769 bits per heavy atom. The Bertz CT molecular complexity index is 192. The van der Waals surface area contributed by atoms with E-state index in [0.29, 0.717) is 0 Å². The summed E-state index contributed by atoms with van der Waals surface area (Å²) in [5.74, 6) is 2.19. The van der Waals surface area contributed by atoms with Crippen LogP contribution in [0.3, 0.4) is 0 Å². The van der Waals surface area contributed by atoms with E-state index in [0.717, 1.165) is 22.7 Å². The predicted octanol–water partition coefficient (Wildman–Crippen LogP) is 4.00. The molecule has 4 saturated carbocycles. The van der Waals surface area contributed by atoms with E-state index in [4.69, 9.17) is 0 Å². The van der Waals surface area contributed by atoms with Gasteiger partial charge in [0.25, 0.3) is 0 Å². The maximum Gasteiger partial charge on any atom is -0.0266 e. The molecule has 4 fully saturated rings. The Balaban J connectivity index is 1.99. The Morgan fingerprint density at radius 2 is 1.15 bits per heavy atom. The van der Waals surface area contributed by atoms with E-state index in [-0.39, 0.29) is 0 Å². The van der Waals surface area contributed by atoms with E-state index in [9.17, 15) is 0 Å². The molecule has 0 radical (unpaired) electrons. The SMILES string of the molecule is CC12CC3CCCC(C1)CC2(C)C3. The van der Waals surface area contributed by atoms with Crippen LogP contribution in [0.25, 0.3) is 0 Å². The summed E-state index contributed by atoms with van der Waals surface area (Å²) in [7, 11) is 0. The van der Waals surface area contributed by atoms with Gasteiger partial charge in [0.1, 0.15) is 0 Å². The summed E-state index contributed by atoms with van der Waals surface area (Å²) >= 11 is 0. The second-order valence-electron chi connectivity index (χ2n) is 6.60. The third-order valence-electron chi connectivity index (χ3n) is 5.64. The fourth-order valence-corrected chi connectivity index (χ4v) is 4.95. The largest absolute Gasteiger partial charge is 0.0591 e. The molecule has 0 heterocycles. The van der Waals surface area contributed by atoms with E-state index < -0.39 is 0 Å². The molecular weight excluding hydrogens is 156 g/mol. The van der Waals surface area contributed by atoms with Crippen LogP contribution in [-0.2, 0) is 0 Å². The van der Waals surface area contributed by atoms with Gasteiger partial charge in [0.05, 0.1) is 0 Å². The molecule has 0 unspecified atom stereocenters. The lowest BCUT2D eigenvalue weighted by molar-refractivity contribution is 0.157. The molecule has 4 aliphatic rings. The maximum atomic E-state index is 2.58. The minimum atomic E-state index is 0.739. The first-order valence-corrected chi connectivity index (χ1v) is 6.11. The van der Waals surface area contributed by atoms with E-state index in [1.54, 1.807) is 38.5 Å². The zero-order valence-electron chi connectivity index (χ0n) is 9.10. The lowest BCUT2D eigenvalue weighted by atomic mass is 9.71. The monoisotopic (exact) mass is 178 g/mol. The molecule has 0 nitrogen and oxygen atoms in total. The van der Waals surface area contributed by atoms with Crippen LogP contribution in [0.15, 0.2) is 0 Å². The van der Waals surface area contributed by atoms with Crippen molar-refractivity contribution in [1.29, 1.82) is 0 Å². The smallest absolute Gasteiger partial charge is 0.0266 e. The third-order valence-corrected chi connectivity index (χ3v) is 5.64. The molecule has 0 amide bonds. The van der Waals surface area contributed by atoms with Crippen molar-refractivity contribution in [2.75, 3.05) is 0 Å². The molecule has 0 atom stereocenters. The summed E-state index contributed by atoms with van der Waals surface area (Å²) in [6.07, 6.45) is 10.8. The minimum Gasteiger partial charge on any atom is -0.0591 e. The zero-order valence-corrected chi connectivity index (χ0v) is 9.10. The van der Waals surface area contributed by atoms with E-state index >= 15 is 0 Å². The van der Waals surface area contributed by atoms with Gasteiger partial charge in [-0.25, -0.2) is 0 Å². The van der Waals surface area contributed by atoms with E-state index in [1.165, 1.54) is 6.42 Å². The van der Waals surface area contributed by atoms with Gasteiger partial charge in [-0.1, -0.05) is 33.1 Å². The molecule has 0 saturated heterocycles. The van der Waals surface area contributed by atoms with Crippen LogP contribution in [0.2, 0.25) is 0 Å². The Hall–Kier alpha value is 0. The summed E-state index contributed by atoms with van der Waals surface area (Å²) in [6, 6.07) is 0. The van der Waals surface area contributed by atoms with Gasteiger partial charge in [-0.2, -0.15) is 0 Å². The van der Waals surface area contributed by atoms with Crippen LogP contribution < -0.4 is 0 Å². The molecule has 4 bridgehead atoms. The summed E-state index contributed by atoms with van der Waals surface area (Å²) in [5.41, 5.74) is 1.48. The highest BCUT2D eigenvalue weighted by Gasteiger charge is 2.58. The molecule has 0 aliphatic heterocycles. The number of rotatable bonds is 0. The zero-order chi connectivity index (χ0) is 9.10. The molecule has 74 valence electrons. The Morgan fingerprint density at radius 3 is 1.54 bits per heavy atom. The summed E-state index contributed by atoms with van der Waals surface area (Å²) in [5, 5.41) is 0. The van der Waals surface area contributed by atoms with Gasteiger partial charge in [0.2, 0.25) is 0 Å². The quantitative estimate of drug-likeness (QED) is 0.526. The van der Waals surface area contributed by atoms with Crippen LogP contribution >= 0.6 is 0 Å². The van der Waals surface area contributed by atoms with Gasteiger partial charge in [-0.3, -0.25) is 0 Å². The summed E-state index contributed by atoms with van der Waals surface area (Å²) < 4.78 is 0. The molecular formula is C13H22. The first-order valence-electron chi connectivity index (χ1n) is 6.11. The fourth-order valence-electron chi connectivity index (χ4n) is 4.95. The molecule has 0 N–H and O–H groups in total. The van der Waals surface area contributed by atoms with E-state index in [2.05, 4.69) is 13.8 Å². The molecule has 0 aromatic carbocycles. The lowest BCUT2D eigenvalue weighted by Crippen LogP contribution is -2.25. The van der Waals surface area contributed by atoms with Crippen LogP contribution in [0.4, 0.5) is 0 Å². The van der Waals surface area contributed by atoms with Crippen molar-refractivity contribution >= 4 is 0 Å². The first kappa shape index (κ1) is 8.32. The van der Waals surface area contributed by atoms with Crippen molar-refractivity contribution in [2.24, 2.45) is 22.7 Å². The highest BCUT2D eigenvalue weighted by molar-refractivity contribution is 5.08. The summed E-state index contributed by atoms with van der Waals surface area (Å²) in [4.78, 5) is 0. The minimum absolute atomic E-state index is 0.739. The van der Waals surface area contributed by atoms with E-state index in [1.807, 2.05) is 0 Å². The third kappa shape index (κ3) is 0.980. The summed E-state index contributed by atoms with van der Waals surface area (Å²) in [6.45, 7) is 5.16. The van der Waals surface area contributed by atoms with Gasteiger partial charge in [0.15, 0.2) is 0 Å². The van der Waals surface area contributed by atoms with Crippen molar-refractivity contribution < 1.29 is 0 Å². The first-order chi connectivity index (χ1) is 6.11. The van der Waals surface area contributed by atoms with Crippen LogP contribution in [-0.4, -0.2) is 0 Å². The number of fused-ring (bicyclic) bond motifs is 2.